The number of aryl methyl sites for hydroxylation is 1. The summed E-state index contributed by atoms with van der Waals surface area (Å²) in [5, 5.41) is 12.3. The summed E-state index contributed by atoms with van der Waals surface area (Å²) in [5.74, 6) is 0.0271. The van der Waals surface area contributed by atoms with E-state index in [1.165, 1.54) is 11.3 Å². The van der Waals surface area contributed by atoms with Crippen LogP contribution in [0.25, 0.3) is 15.9 Å². The lowest BCUT2D eigenvalue weighted by molar-refractivity contribution is 0.0930. The summed E-state index contributed by atoms with van der Waals surface area (Å²) >= 11 is 1.51. The number of piperidine rings is 1. The van der Waals surface area contributed by atoms with Gasteiger partial charge >= 0.3 is 0 Å². The monoisotopic (exact) mass is 390 g/mol. The average molecular weight is 391 g/mol. The van der Waals surface area contributed by atoms with Crippen molar-refractivity contribution in [1.29, 1.82) is 0 Å². The molecule has 0 bridgehead atoms. The highest BCUT2D eigenvalue weighted by atomic mass is 35.5. The van der Waals surface area contributed by atoms with Gasteiger partial charge in [-0.25, -0.2) is 4.68 Å². The summed E-state index contributed by atoms with van der Waals surface area (Å²) in [7, 11) is 0. The van der Waals surface area contributed by atoms with E-state index in [1.807, 2.05) is 48.0 Å². The lowest BCUT2D eigenvalue weighted by atomic mass is 10.0. The van der Waals surface area contributed by atoms with Crippen LogP contribution in [0.1, 0.15) is 35.1 Å². The van der Waals surface area contributed by atoms with Crippen LogP contribution < -0.4 is 10.6 Å². The largest absolute Gasteiger partial charge is 0.349 e. The second-order valence-electron chi connectivity index (χ2n) is 6.71. The maximum absolute atomic E-state index is 12.7. The molecule has 2 aromatic heterocycles. The molecular weight excluding hydrogens is 368 g/mol. The van der Waals surface area contributed by atoms with Crippen molar-refractivity contribution in [2.24, 2.45) is 0 Å². The zero-order chi connectivity index (χ0) is 17.4. The molecule has 0 spiro atoms. The van der Waals surface area contributed by atoms with Crippen LogP contribution in [0.2, 0.25) is 0 Å². The quantitative estimate of drug-likeness (QED) is 0.717. The molecule has 2 atom stereocenters. The third kappa shape index (κ3) is 3.63. The molecular formula is C19H23ClN4OS. The fraction of sp³-hybridized carbons (Fsp3) is 0.368. The normalized spacial score (nSPS) is 19.9. The summed E-state index contributed by atoms with van der Waals surface area (Å²) in [6.07, 6.45) is 1.96. The zero-order valence-electron chi connectivity index (χ0n) is 14.9. The van der Waals surface area contributed by atoms with E-state index in [-0.39, 0.29) is 24.4 Å². The minimum Gasteiger partial charge on any atom is -0.349 e. The molecule has 1 aliphatic heterocycles. The van der Waals surface area contributed by atoms with Crippen molar-refractivity contribution in [3.05, 3.63) is 47.0 Å². The van der Waals surface area contributed by atoms with Crippen LogP contribution >= 0.6 is 23.7 Å². The Hall–Kier alpha value is -1.89. The lowest BCUT2D eigenvalue weighted by Crippen LogP contribution is -2.46. The number of rotatable bonds is 3. The van der Waals surface area contributed by atoms with E-state index in [1.54, 1.807) is 0 Å². The Labute approximate surface area is 163 Å². The average Bonchev–Trinajstić information content (AvgIpc) is 3.17. The van der Waals surface area contributed by atoms with Gasteiger partial charge in [-0.2, -0.15) is 5.10 Å². The Morgan fingerprint density at radius 2 is 2.12 bits per heavy atom. The molecule has 4 rings (SSSR count). The third-order valence-corrected chi connectivity index (χ3v) is 5.84. The number of hydrogen-bond donors (Lipinski definition) is 2. The number of amides is 1. The predicted octanol–water partition coefficient (Wildman–Crippen LogP) is 3.69. The summed E-state index contributed by atoms with van der Waals surface area (Å²) in [5.41, 5.74) is 1.96. The maximum Gasteiger partial charge on any atom is 0.261 e. The van der Waals surface area contributed by atoms with Gasteiger partial charge < -0.3 is 10.6 Å². The van der Waals surface area contributed by atoms with E-state index in [2.05, 4.69) is 22.7 Å². The highest BCUT2D eigenvalue weighted by Gasteiger charge is 2.22. The number of carbonyl (C=O) groups excluding carboxylic acids is 1. The first-order valence-corrected chi connectivity index (χ1v) is 9.52. The smallest absolute Gasteiger partial charge is 0.261 e. The number of carbonyl (C=O) groups is 1. The van der Waals surface area contributed by atoms with Crippen molar-refractivity contribution in [2.45, 2.75) is 38.8 Å². The van der Waals surface area contributed by atoms with Crippen LogP contribution in [0.4, 0.5) is 0 Å². The van der Waals surface area contributed by atoms with Gasteiger partial charge in [-0.05, 0) is 51.4 Å². The molecule has 0 aliphatic carbocycles. The highest BCUT2D eigenvalue weighted by Crippen LogP contribution is 2.30. The Balaban J connectivity index is 0.00000196. The van der Waals surface area contributed by atoms with Crippen molar-refractivity contribution in [1.82, 2.24) is 20.4 Å². The molecule has 2 unspecified atom stereocenters. The number of nitrogens with one attached hydrogen (secondary N) is 2. The maximum atomic E-state index is 12.7. The van der Waals surface area contributed by atoms with Crippen molar-refractivity contribution in [2.75, 3.05) is 6.54 Å². The van der Waals surface area contributed by atoms with Gasteiger partial charge in [0, 0.05) is 17.5 Å². The first-order valence-electron chi connectivity index (χ1n) is 8.70. The molecule has 1 saturated heterocycles. The zero-order valence-corrected chi connectivity index (χ0v) is 16.5. The fourth-order valence-electron chi connectivity index (χ4n) is 3.42. The summed E-state index contributed by atoms with van der Waals surface area (Å²) in [6, 6.07) is 12.7. The molecule has 138 valence electrons. The molecule has 1 fully saturated rings. The van der Waals surface area contributed by atoms with Gasteiger partial charge in [-0.3, -0.25) is 4.79 Å². The van der Waals surface area contributed by atoms with Gasteiger partial charge in [0.2, 0.25) is 0 Å². The number of aromatic nitrogens is 2. The molecule has 3 heterocycles. The van der Waals surface area contributed by atoms with E-state index in [0.717, 1.165) is 45.9 Å². The van der Waals surface area contributed by atoms with Crippen LogP contribution in [0.5, 0.6) is 0 Å². The van der Waals surface area contributed by atoms with Crippen LogP contribution in [-0.4, -0.2) is 34.3 Å². The van der Waals surface area contributed by atoms with Crippen LogP contribution in [0.3, 0.4) is 0 Å². The number of nitrogens with zero attached hydrogens (tertiary/aromatic N) is 2. The minimum atomic E-state index is 0. The topological polar surface area (TPSA) is 59.0 Å². The first-order chi connectivity index (χ1) is 12.1. The van der Waals surface area contributed by atoms with Gasteiger partial charge in [0.05, 0.1) is 16.3 Å². The van der Waals surface area contributed by atoms with Crippen molar-refractivity contribution in [3.63, 3.8) is 0 Å². The Morgan fingerprint density at radius 3 is 2.85 bits per heavy atom. The predicted molar refractivity (Wildman–Crippen MR) is 109 cm³/mol. The molecule has 5 nitrogen and oxygen atoms in total. The van der Waals surface area contributed by atoms with E-state index in [0.29, 0.717) is 6.04 Å². The molecule has 26 heavy (non-hydrogen) atoms. The summed E-state index contributed by atoms with van der Waals surface area (Å²) in [4.78, 5) is 14.5. The number of para-hydroxylation sites is 1. The van der Waals surface area contributed by atoms with Crippen LogP contribution in [0, 0.1) is 6.92 Å². The van der Waals surface area contributed by atoms with Gasteiger partial charge in [0.1, 0.15) is 4.83 Å². The SMILES string of the molecule is Cc1nn(-c2ccccc2)c2sc(C(=O)NC3CCNC(C)C3)cc12.Cl. The second kappa shape index (κ2) is 7.78. The van der Waals surface area contributed by atoms with E-state index < -0.39 is 0 Å². The molecule has 2 N–H and O–H groups in total. The molecule has 7 heteroatoms. The van der Waals surface area contributed by atoms with Gasteiger partial charge in [-0.1, -0.05) is 18.2 Å². The van der Waals surface area contributed by atoms with Crippen LogP contribution in [0.15, 0.2) is 36.4 Å². The summed E-state index contributed by atoms with van der Waals surface area (Å²) < 4.78 is 1.93. The molecule has 3 aromatic rings. The van der Waals surface area contributed by atoms with Crippen molar-refractivity contribution < 1.29 is 4.79 Å². The number of thiophene rings is 1. The van der Waals surface area contributed by atoms with E-state index >= 15 is 0 Å². The third-order valence-electron chi connectivity index (χ3n) is 4.73. The van der Waals surface area contributed by atoms with Crippen molar-refractivity contribution in [3.8, 4) is 5.69 Å². The Morgan fingerprint density at radius 1 is 1.35 bits per heavy atom. The molecule has 1 aromatic carbocycles. The van der Waals surface area contributed by atoms with Crippen LogP contribution in [-0.2, 0) is 0 Å². The van der Waals surface area contributed by atoms with Gasteiger partial charge in [0.15, 0.2) is 0 Å². The Bertz CT molecular complexity index is 905. The lowest BCUT2D eigenvalue weighted by Gasteiger charge is -2.28. The van der Waals surface area contributed by atoms with Crippen molar-refractivity contribution >= 4 is 39.9 Å². The highest BCUT2D eigenvalue weighted by molar-refractivity contribution is 7.20. The molecule has 1 amide bonds. The number of hydrogen-bond acceptors (Lipinski definition) is 4. The number of fused-ring (bicyclic) bond motifs is 1. The second-order valence-corrected chi connectivity index (χ2v) is 7.74. The first kappa shape index (κ1) is 18.9. The fourth-order valence-corrected chi connectivity index (χ4v) is 4.51. The molecule has 1 aliphatic rings. The minimum absolute atomic E-state index is 0. The van der Waals surface area contributed by atoms with Gasteiger partial charge in [-0.15, -0.1) is 23.7 Å². The van der Waals surface area contributed by atoms with E-state index in [4.69, 9.17) is 0 Å². The Kier molecular flexibility index (Phi) is 5.65. The standard InChI is InChI=1S/C19H22N4OS.ClH/c1-12-10-14(8-9-20-12)21-18(24)17-11-16-13(2)22-23(19(16)25-17)15-6-4-3-5-7-15;/h3-7,11-12,14,20H,8-10H2,1-2H3,(H,21,24);1H. The van der Waals surface area contributed by atoms with Gasteiger partial charge in [0.25, 0.3) is 5.91 Å². The molecule has 0 saturated carbocycles. The molecule has 0 radical (unpaired) electrons. The number of halogens is 1. The summed E-state index contributed by atoms with van der Waals surface area (Å²) in [6.45, 7) is 5.11. The number of benzene rings is 1. The van der Waals surface area contributed by atoms with E-state index in [9.17, 15) is 4.79 Å².